The van der Waals surface area contributed by atoms with E-state index in [9.17, 15) is 4.79 Å². The summed E-state index contributed by atoms with van der Waals surface area (Å²) in [7, 11) is 0. The fraction of sp³-hybridized carbons (Fsp3) is 0.0500. The minimum Gasteiger partial charge on any atom is -0.478 e. The predicted molar refractivity (Wildman–Crippen MR) is 92.0 cm³/mol. The SMILES string of the molecule is O=C(c1ccccc1Cl)C(Oc1ccccc1)c1ccccc1. The Kier molecular flexibility index (Phi) is 4.74. The number of carbonyl (C=O) groups excluding carboxylic acids is 1. The van der Waals surface area contributed by atoms with Crippen molar-refractivity contribution in [2.45, 2.75) is 6.10 Å². The lowest BCUT2D eigenvalue weighted by Crippen LogP contribution is -2.19. The molecule has 0 aliphatic heterocycles. The molecule has 0 saturated heterocycles. The zero-order valence-electron chi connectivity index (χ0n) is 12.4. The highest BCUT2D eigenvalue weighted by Crippen LogP contribution is 2.28. The Morgan fingerprint density at radius 2 is 1.35 bits per heavy atom. The Bertz CT molecular complexity index is 785. The van der Waals surface area contributed by atoms with Crippen LogP contribution in [0.15, 0.2) is 84.9 Å². The van der Waals surface area contributed by atoms with Crippen LogP contribution in [-0.2, 0) is 0 Å². The molecule has 0 aromatic heterocycles. The Morgan fingerprint density at radius 3 is 2.00 bits per heavy atom. The maximum Gasteiger partial charge on any atom is 0.209 e. The van der Waals surface area contributed by atoms with Crippen LogP contribution in [0.25, 0.3) is 0 Å². The number of ketones is 1. The summed E-state index contributed by atoms with van der Waals surface area (Å²) in [4.78, 5) is 13.0. The van der Waals surface area contributed by atoms with Crippen molar-refractivity contribution in [3.05, 3.63) is 101 Å². The van der Waals surface area contributed by atoms with Gasteiger partial charge in [-0.3, -0.25) is 4.79 Å². The summed E-state index contributed by atoms with van der Waals surface area (Å²) < 4.78 is 5.96. The predicted octanol–water partition coefficient (Wildman–Crippen LogP) is 5.34. The van der Waals surface area contributed by atoms with Crippen LogP contribution >= 0.6 is 11.6 Å². The van der Waals surface area contributed by atoms with Crippen LogP contribution in [0.2, 0.25) is 5.02 Å². The van der Waals surface area contributed by atoms with Gasteiger partial charge in [-0.2, -0.15) is 0 Å². The van der Waals surface area contributed by atoms with Crippen molar-refractivity contribution in [2.24, 2.45) is 0 Å². The molecule has 3 aromatic rings. The van der Waals surface area contributed by atoms with E-state index in [1.54, 1.807) is 24.3 Å². The third kappa shape index (κ3) is 3.61. The lowest BCUT2D eigenvalue weighted by Gasteiger charge is -2.19. The summed E-state index contributed by atoms with van der Waals surface area (Å²) in [5.41, 5.74) is 1.25. The number of Topliss-reactive ketones (excluding diaryl/α,β-unsaturated/α-hetero) is 1. The smallest absolute Gasteiger partial charge is 0.209 e. The van der Waals surface area contributed by atoms with Gasteiger partial charge in [-0.05, 0) is 24.3 Å². The summed E-state index contributed by atoms with van der Waals surface area (Å²) >= 11 is 6.18. The van der Waals surface area contributed by atoms with Gasteiger partial charge in [0.2, 0.25) is 5.78 Å². The van der Waals surface area contributed by atoms with E-state index in [1.807, 2.05) is 60.7 Å². The molecular formula is C20H15ClO2. The highest BCUT2D eigenvalue weighted by molar-refractivity contribution is 6.34. The summed E-state index contributed by atoms with van der Waals surface area (Å²) in [6.07, 6.45) is -0.738. The van der Waals surface area contributed by atoms with Crippen LogP contribution in [0.5, 0.6) is 5.75 Å². The van der Waals surface area contributed by atoms with Gasteiger partial charge >= 0.3 is 0 Å². The number of ether oxygens (including phenoxy) is 1. The quantitative estimate of drug-likeness (QED) is 0.592. The normalized spacial score (nSPS) is 11.7. The van der Waals surface area contributed by atoms with Crippen LogP contribution in [0.3, 0.4) is 0 Å². The van der Waals surface area contributed by atoms with Gasteiger partial charge in [-0.1, -0.05) is 72.3 Å². The summed E-state index contributed by atoms with van der Waals surface area (Å²) in [5.74, 6) is 0.479. The number of benzene rings is 3. The Balaban J connectivity index is 1.98. The average Bonchev–Trinajstić information content (AvgIpc) is 2.61. The van der Waals surface area contributed by atoms with Gasteiger partial charge in [-0.25, -0.2) is 0 Å². The number of carbonyl (C=O) groups is 1. The first kappa shape index (κ1) is 15.3. The first-order valence-corrected chi connectivity index (χ1v) is 7.69. The Labute approximate surface area is 140 Å². The van der Waals surface area contributed by atoms with Crippen LogP contribution in [0.1, 0.15) is 22.0 Å². The first-order valence-electron chi connectivity index (χ1n) is 7.31. The fourth-order valence-electron chi connectivity index (χ4n) is 2.34. The van der Waals surface area contributed by atoms with Crippen molar-refractivity contribution < 1.29 is 9.53 Å². The van der Waals surface area contributed by atoms with Crippen LogP contribution < -0.4 is 4.74 Å². The van der Waals surface area contributed by atoms with Gasteiger partial charge in [0.05, 0.1) is 5.02 Å². The van der Waals surface area contributed by atoms with Crippen molar-refractivity contribution in [3.8, 4) is 5.75 Å². The van der Waals surface area contributed by atoms with Gasteiger partial charge in [-0.15, -0.1) is 0 Å². The summed E-state index contributed by atoms with van der Waals surface area (Å²) in [5, 5.41) is 0.426. The number of hydrogen-bond donors (Lipinski definition) is 0. The molecule has 0 radical (unpaired) electrons. The van der Waals surface area contributed by atoms with E-state index in [4.69, 9.17) is 16.3 Å². The molecule has 1 atom stereocenters. The molecule has 114 valence electrons. The van der Waals surface area contributed by atoms with Gasteiger partial charge in [0, 0.05) is 11.1 Å². The molecule has 23 heavy (non-hydrogen) atoms. The molecule has 0 aliphatic carbocycles. The minimum absolute atomic E-state index is 0.161. The summed E-state index contributed by atoms with van der Waals surface area (Å²) in [6.45, 7) is 0. The zero-order valence-corrected chi connectivity index (χ0v) is 13.1. The molecule has 0 spiro atoms. The second-order valence-corrected chi connectivity index (χ2v) is 5.47. The number of hydrogen-bond acceptors (Lipinski definition) is 2. The molecule has 0 bridgehead atoms. The largest absolute Gasteiger partial charge is 0.478 e. The Morgan fingerprint density at radius 1 is 0.783 bits per heavy atom. The van der Waals surface area contributed by atoms with Crippen molar-refractivity contribution in [1.82, 2.24) is 0 Å². The molecule has 3 aromatic carbocycles. The zero-order chi connectivity index (χ0) is 16.1. The molecule has 3 heteroatoms. The van der Waals surface area contributed by atoms with Crippen molar-refractivity contribution in [1.29, 1.82) is 0 Å². The van der Waals surface area contributed by atoms with Gasteiger partial charge in [0.15, 0.2) is 6.10 Å². The summed E-state index contributed by atoms with van der Waals surface area (Å²) in [6, 6.07) is 25.8. The van der Waals surface area contributed by atoms with E-state index in [2.05, 4.69) is 0 Å². The second-order valence-electron chi connectivity index (χ2n) is 5.07. The Hall–Kier alpha value is -2.58. The third-order valence-corrected chi connectivity index (χ3v) is 3.81. The lowest BCUT2D eigenvalue weighted by atomic mass is 9.99. The molecule has 0 aliphatic rings. The van der Waals surface area contributed by atoms with Gasteiger partial charge in [0.1, 0.15) is 5.75 Å². The first-order chi connectivity index (χ1) is 11.3. The van der Waals surface area contributed by atoms with E-state index < -0.39 is 6.10 Å². The molecule has 0 fully saturated rings. The maximum absolute atomic E-state index is 13.0. The molecule has 0 N–H and O–H groups in total. The molecule has 3 rings (SSSR count). The number of halogens is 1. The third-order valence-electron chi connectivity index (χ3n) is 3.48. The fourth-order valence-corrected chi connectivity index (χ4v) is 2.57. The lowest BCUT2D eigenvalue weighted by molar-refractivity contribution is 0.0792. The topological polar surface area (TPSA) is 26.3 Å². The number of para-hydroxylation sites is 1. The molecule has 0 heterocycles. The maximum atomic E-state index is 13.0. The molecule has 0 amide bonds. The van der Waals surface area contributed by atoms with Crippen LogP contribution in [-0.4, -0.2) is 5.78 Å². The molecular weight excluding hydrogens is 308 g/mol. The van der Waals surface area contributed by atoms with E-state index in [0.717, 1.165) is 5.56 Å². The standard InChI is InChI=1S/C20H15ClO2/c21-18-14-8-7-13-17(18)19(22)20(15-9-3-1-4-10-15)23-16-11-5-2-6-12-16/h1-14,20H. The highest BCUT2D eigenvalue weighted by atomic mass is 35.5. The monoisotopic (exact) mass is 322 g/mol. The average molecular weight is 323 g/mol. The second kappa shape index (κ2) is 7.12. The van der Waals surface area contributed by atoms with Crippen molar-refractivity contribution in [2.75, 3.05) is 0 Å². The highest BCUT2D eigenvalue weighted by Gasteiger charge is 2.25. The molecule has 0 saturated carbocycles. The number of rotatable bonds is 5. The van der Waals surface area contributed by atoms with E-state index in [1.165, 1.54) is 0 Å². The molecule has 1 unspecified atom stereocenters. The van der Waals surface area contributed by atoms with E-state index in [0.29, 0.717) is 16.3 Å². The van der Waals surface area contributed by atoms with Crippen molar-refractivity contribution >= 4 is 17.4 Å². The van der Waals surface area contributed by atoms with E-state index >= 15 is 0 Å². The van der Waals surface area contributed by atoms with Gasteiger partial charge < -0.3 is 4.74 Å². The molecule has 2 nitrogen and oxygen atoms in total. The van der Waals surface area contributed by atoms with Crippen LogP contribution in [0.4, 0.5) is 0 Å². The van der Waals surface area contributed by atoms with Gasteiger partial charge in [0.25, 0.3) is 0 Å². The van der Waals surface area contributed by atoms with Crippen molar-refractivity contribution in [3.63, 3.8) is 0 Å². The minimum atomic E-state index is -0.738. The van der Waals surface area contributed by atoms with Crippen LogP contribution in [0, 0.1) is 0 Å². The van der Waals surface area contributed by atoms with E-state index in [-0.39, 0.29) is 5.78 Å².